The molecule has 2 aromatic rings. The highest BCUT2D eigenvalue weighted by atomic mass is 16.2. The predicted octanol–water partition coefficient (Wildman–Crippen LogP) is 1.02. The molecule has 3 rings (SSSR count). The number of hydrogen-bond acceptors (Lipinski definition) is 4. The van der Waals surface area contributed by atoms with Crippen molar-refractivity contribution in [2.45, 2.75) is 44.8 Å². The standard InChI is InChI=1S/C14H19N5O/c1-14(2,3)19-12-8(5-4-6-16-12)11(18-19)13(20)17-10-7-9(10)15/h4-6,9-10H,7,15H2,1-3H3,(H,17,20). The fraction of sp³-hybridized carbons (Fsp3) is 0.500. The van der Waals surface area contributed by atoms with Crippen LogP contribution in [0.4, 0.5) is 0 Å². The summed E-state index contributed by atoms with van der Waals surface area (Å²) >= 11 is 0. The van der Waals surface area contributed by atoms with Crippen molar-refractivity contribution in [1.29, 1.82) is 0 Å². The first-order valence-electron chi connectivity index (χ1n) is 6.78. The van der Waals surface area contributed by atoms with E-state index in [9.17, 15) is 4.79 Å². The Balaban J connectivity index is 2.04. The van der Waals surface area contributed by atoms with Gasteiger partial charge in [-0.2, -0.15) is 5.10 Å². The molecule has 1 amide bonds. The summed E-state index contributed by atoms with van der Waals surface area (Å²) in [6, 6.07) is 3.85. The van der Waals surface area contributed by atoms with Crippen molar-refractivity contribution in [1.82, 2.24) is 20.1 Å². The highest BCUT2D eigenvalue weighted by Gasteiger charge is 2.36. The largest absolute Gasteiger partial charge is 0.346 e. The van der Waals surface area contributed by atoms with Gasteiger partial charge in [0, 0.05) is 18.3 Å². The molecule has 0 bridgehead atoms. The second kappa shape index (κ2) is 4.28. The third-order valence-electron chi connectivity index (χ3n) is 3.45. The molecule has 2 aromatic heterocycles. The van der Waals surface area contributed by atoms with E-state index in [0.29, 0.717) is 5.69 Å². The molecule has 2 unspecified atom stereocenters. The van der Waals surface area contributed by atoms with E-state index in [1.54, 1.807) is 10.9 Å². The maximum Gasteiger partial charge on any atom is 0.272 e. The summed E-state index contributed by atoms with van der Waals surface area (Å²) in [5.74, 6) is -0.177. The molecule has 2 heterocycles. The van der Waals surface area contributed by atoms with E-state index in [-0.39, 0.29) is 23.5 Å². The van der Waals surface area contributed by atoms with Crippen LogP contribution in [0.3, 0.4) is 0 Å². The lowest BCUT2D eigenvalue weighted by atomic mass is 10.1. The quantitative estimate of drug-likeness (QED) is 0.855. The number of nitrogens with one attached hydrogen (secondary N) is 1. The fourth-order valence-corrected chi connectivity index (χ4v) is 2.20. The molecule has 0 spiro atoms. The van der Waals surface area contributed by atoms with Gasteiger partial charge in [-0.3, -0.25) is 4.79 Å². The van der Waals surface area contributed by atoms with Crippen molar-refractivity contribution in [3.05, 3.63) is 24.0 Å². The Morgan fingerprint density at radius 3 is 2.80 bits per heavy atom. The Hall–Kier alpha value is -1.95. The maximum absolute atomic E-state index is 12.3. The van der Waals surface area contributed by atoms with Gasteiger partial charge in [-0.05, 0) is 39.3 Å². The summed E-state index contributed by atoms with van der Waals surface area (Å²) < 4.78 is 1.80. The van der Waals surface area contributed by atoms with Gasteiger partial charge in [0.25, 0.3) is 5.91 Å². The van der Waals surface area contributed by atoms with E-state index in [1.807, 2.05) is 32.9 Å². The van der Waals surface area contributed by atoms with Crippen LogP contribution < -0.4 is 11.1 Å². The van der Waals surface area contributed by atoms with E-state index in [2.05, 4.69) is 15.4 Å². The minimum atomic E-state index is -0.235. The van der Waals surface area contributed by atoms with Crippen LogP contribution in [-0.4, -0.2) is 32.8 Å². The molecule has 20 heavy (non-hydrogen) atoms. The second-order valence-corrected chi connectivity index (χ2v) is 6.29. The average molecular weight is 273 g/mol. The van der Waals surface area contributed by atoms with Crippen molar-refractivity contribution in [2.24, 2.45) is 5.73 Å². The van der Waals surface area contributed by atoms with Gasteiger partial charge in [-0.25, -0.2) is 9.67 Å². The Morgan fingerprint density at radius 2 is 2.20 bits per heavy atom. The van der Waals surface area contributed by atoms with E-state index >= 15 is 0 Å². The van der Waals surface area contributed by atoms with Crippen molar-refractivity contribution in [3.63, 3.8) is 0 Å². The molecule has 1 saturated carbocycles. The Bertz CT molecular complexity index is 670. The molecule has 106 valence electrons. The van der Waals surface area contributed by atoms with Crippen molar-refractivity contribution >= 4 is 16.9 Å². The number of nitrogens with zero attached hydrogens (tertiary/aromatic N) is 3. The van der Waals surface area contributed by atoms with Crippen LogP contribution >= 0.6 is 0 Å². The third-order valence-corrected chi connectivity index (χ3v) is 3.45. The average Bonchev–Trinajstić information content (AvgIpc) is 2.91. The number of nitrogens with two attached hydrogens (primary N) is 1. The van der Waals surface area contributed by atoms with Crippen LogP contribution in [0.5, 0.6) is 0 Å². The highest BCUT2D eigenvalue weighted by molar-refractivity contribution is 6.04. The molecule has 0 aliphatic heterocycles. The van der Waals surface area contributed by atoms with Crippen molar-refractivity contribution < 1.29 is 4.79 Å². The normalized spacial score (nSPS) is 22.0. The fourth-order valence-electron chi connectivity index (χ4n) is 2.20. The number of carbonyl (C=O) groups is 1. The lowest BCUT2D eigenvalue weighted by molar-refractivity contribution is 0.0945. The molecular formula is C14H19N5O. The number of aromatic nitrogens is 3. The van der Waals surface area contributed by atoms with Gasteiger partial charge in [-0.15, -0.1) is 0 Å². The topological polar surface area (TPSA) is 85.8 Å². The summed E-state index contributed by atoms with van der Waals surface area (Å²) in [4.78, 5) is 16.7. The Labute approximate surface area is 117 Å². The molecular weight excluding hydrogens is 254 g/mol. The van der Waals surface area contributed by atoms with Crippen molar-refractivity contribution in [3.8, 4) is 0 Å². The zero-order valence-corrected chi connectivity index (χ0v) is 11.9. The van der Waals surface area contributed by atoms with Gasteiger partial charge in [0.1, 0.15) is 0 Å². The molecule has 1 aliphatic rings. The first-order chi connectivity index (χ1) is 9.38. The van der Waals surface area contributed by atoms with E-state index in [0.717, 1.165) is 17.5 Å². The molecule has 2 atom stereocenters. The minimum absolute atomic E-state index is 0.0769. The lowest BCUT2D eigenvalue weighted by Crippen LogP contribution is -2.30. The lowest BCUT2D eigenvalue weighted by Gasteiger charge is -2.19. The molecule has 1 fully saturated rings. The van der Waals surface area contributed by atoms with Crippen LogP contribution in [0, 0.1) is 0 Å². The Kier molecular flexibility index (Phi) is 2.79. The summed E-state index contributed by atoms with van der Waals surface area (Å²) in [7, 11) is 0. The number of pyridine rings is 1. The number of fused-ring (bicyclic) bond motifs is 1. The van der Waals surface area contributed by atoms with Gasteiger partial charge >= 0.3 is 0 Å². The highest BCUT2D eigenvalue weighted by Crippen LogP contribution is 2.24. The Morgan fingerprint density at radius 1 is 1.50 bits per heavy atom. The van der Waals surface area contributed by atoms with Crippen molar-refractivity contribution in [2.75, 3.05) is 0 Å². The molecule has 0 radical (unpaired) electrons. The van der Waals surface area contributed by atoms with Crippen LogP contribution in [0.1, 0.15) is 37.7 Å². The first-order valence-corrected chi connectivity index (χ1v) is 6.78. The van der Waals surface area contributed by atoms with Crippen LogP contribution in [0.2, 0.25) is 0 Å². The predicted molar refractivity (Wildman–Crippen MR) is 76.4 cm³/mol. The first kappa shape index (κ1) is 13.1. The third kappa shape index (κ3) is 2.16. The number of carbonyl (C=O) groups excluding carboxylic acids is 1. The molecule has 6 nitrogen and oxygen atoms in total. The van der Waals surface area contributed by atoms with Gasteiger partial charge in [0.05, 0.1) is 10.9 Å². The number of amides is 1. The molecule has 0 saturated heterocycles. The van der Waals surface area contributed by atoms with Crippen LogP contribution in [0.15, 0.2) is 18.3 Å². The smallest absolute Gasteiger partial charge is 0.272 e. The monoisotopic (exact) mass is 273 g/mol. The van der Waals surface area contributed by atoms with Gasteiger partial charge in [-0.1, -0.05) is 0 Å². The summed E-state index contributed by atoms with van der Waals surface area (Å²) in [5, 5.41) is 8.15. The van der Waals surface area contributed by atoms with Crippen LogP contribution in [-0.2, 0) is 5.54 Å². The van der Waals surface area contributed by atoms with E-state index in [4.69, 9.17) is 5.73 Å². The summed E-state index contributed by atoms with van der Waals surface area (Å²) in [5.41, 5.74) is 6.64. The number of rotatable bonds is 2. The van der Waals surface area contributed by atoms with Gasteiger partial charge in [0.15, 0.2) is 11.3 Å². The van der Waals surface area contributed by atoms with E-state index < -0.39 is 0 Å². The van der Waals surface area contributed by atoms with Gasteiger partial charge < -0.3 is 11.1 Å². The summed E-state index contributed by atoms with van der Waals surface area (Å²) in [6.45, 7) is 6.10. The minimum Gasteiger partial charge on any atom is -0.346 e. The second-order valence-electron chi connectivity index (χ2n) is 6.29. The molecule has 3 N–H and O–H groups in total. The van der Waals surface area contributed by atoms with Crippen LogP contribution in [0.25, 0.3) is 11.0 Å². The zero-order chi connectivity index (χ0) is 14.5. The van der Waals surface area contributed by atoms with E-state index in [1.165, 1.54) is 0 Å². The van der Waals surface area contributed by atoms with Gasteiger partial charge in [0.2, 0.25) is 0 Å². The zero-order valence-electron chi connectivity index (χ0n) is 11.9. The SMILES string of the molecule is CC(C)(C)n1nc(C(=O)NC2CC2N)c2cccnc21. The molecule has 1 aliphatic carbocycles. The summed E-state index contributed by atoms with van der Waals surface area (Å²) in [6.07, 6.45) is 2.55. The maximum atomic E-state index is 12.3. The molecule has 6 heteroatoms. The number of hydrogen-bond donors (Lipinski definition) is 2. The molecule has 0 aromatic carbocycles.